The minimum Gasteiger partial charge on any atom is -0.459 e. The van der Waals surface area contributed by atoms with Gasteiger partial charge in [0.1, 0.15) is 11.3 Å². The lowest BCUT2D eigenvalue weighted by atomic mass is 9.81. The Hall–Kier alpha value is -0.970. The van der Waals surface area contributed by atoms with Crippen molar-refractivity contribution in [3.63, 3.8) is 0 Å². The molecule has 21 heavy (non-hydrogen) atoms. The Bertz CT molecular complexity index is 600. The highest BCUT2D eigenvalue weighted by molar-refractivity contribution is 7.99. The van der Waals surface area contributed by atoms with Crippen LogP contribution in [0.1, 0.15) is 31.1 Å². The molecule has 2 N–H and O–H groups in total. The molecular weight excluding hydrogens is 282 g/mol. The molecule has 2 saturated heterocycles. The van der Waals surface area contributed by atoms with Crippen LogP contribution in [0.2, 0.25) is 0 Å². The molecule has 112 valence electrons. The summed E-state index contributed by atoms with van der Waals surface area (Å²) >= 11 is 2.00. The van der Waals surface area contributed by atoms with E-state index in [4.69, 9.17) is 14.9 Å². The van der Waals surface area contributed by atoms with Crippen LogP contribution >= 0.6 is 11.8 Å². The SMILES string of the molecule is NC(c1cc2ccccc2o1)C1CCOC2(CCSC2)C1. The van der Waals surface area contributed by atoms with Crippen molar-refractivity contribution >= 4 is 22.7 Å². The number of rotatable bonds is 2. The number of thioether (sulfide) groups is 1. The molecule has 4 heteroatoms. The zero-order valence-electron chi connectivity index (χ0n) is 12.1. The van der Waals surface area contributed by atoms with E-state index >= 15 is 0 Å². The van der Waals surface area contributed by atoms with Crippen LogP contribution in [0.15, 0.2) is 34.7 Å². The number of hydrogen-bond donors (Lipinski definition) is 1. The normalized spacial score (nSPS) is 31.0. The third-order valence-corrected chi connectivity index (χ3v) is 6.10. The molecule has 3 heterocycles. The average Bonchev–Trinajstić information content (AvgIpc) is 3.13. The fraction of sp³-hybridized carbons (Fsp3) is 0.529. The van der Waals surface area contributed by atoms with E-state index in [1.807, 2.05) is 30.0 Å². The summed E-state index contributed by atoms with van der Waals surface area (Å²) in [6.45, 7) is 0.832. The Labute approximate surface area is 129 Å². The van der Waals surface area contributed by atoms with E-state index in [-0.39, 0.29) is 11.6 Å². The van der Waals surface area contributed by atoms with Gasteiger partial charge >= 0.3 is 0 Å². The molecule has 1 aromatic heterocycles. The molecule has 3 atom stereocenters. The van der Waals surface area contributed by atoms with Crippen molar-refractivity contribution in [1.82, 2.24) is 0 Å². The second kappa shape index (κ2) is 5.34. The highest BCUT2D eigenvalue weighted by atomic mass is 32.2. The number of furan rings is 1. The molecule has 2 fully saturated rings. The van der Waals surface area contributed by atoms with E-state index in [9.17, 15) is 0 Å². The highest BCUT2D eigenvalue weighted by Crippen LogP contribution is 2.43. The van der Waals surface area contributed by atoms with Gasteiger partial charge in [0.25, 0.3) is 0 Å². The first-order chi connectivity index (χ1) is 10.3. The molecule has 1 spiro atoms. The van der Waals surface area contributed by atoms with Gasteiger partial charge in [-0.15, -0.1) is 0 Å². The quantitative estimate of drug-likeness (QED) is 0.918. The second-order valence-corrected chi connectivity index (χ2v) is 7.40. The summed E-state index contributed by atoms with van der Waals surface area (Å²) in [6.07, 6.45) is 3.27. The Morgan fingerprint density at radius 2 is 2.24 bits per heavy atom. The molecular formula is C17H21NO2S. The van der Waals surface area contributed by atoms with Crippen LogP contribution in [0.3, 0.4) is 0 Å². The van der Waals surface area contributed by atoms with E-state index < -0.39 is 0 Å². The van der Waals surface area contributed by atoms with Crippen LogP contribution in [0.25, 0.3) is 11.0 Å². The molecule has 1 aromatic carbocycles. The third-order valence-electron chi connectivity index (χ3n) is 4.88. The van der Waals surface area contributed by atoms with Gasteiger partial charge < -0.3 is 14.9 Å². The zero-order chi connectivity index (χ0) is 14.3. The summed E-state index contributed by atoms with van der Waals surface area (Å²) in [7, 11) is 0. The number of para-hydroxylation sites is 1. The minimum atomic E-state index is -0.0243. The first kappa shape index (κ1) is 13.7. The molecule has 2 aliphatic heterocycles. The van der Waals surface area contributed by atoms with Gasteiger partial charge in [0.2, 0.25) is 0 Å². The topological polar surface area (TPSA) is 48.4 Å². The van der Waals surface area contributed by atoms with Gasteiger partial charge in [-0.05, 0) is 43.1 Å². The van der Waals surface area contributed by atoms with E-state index in [0.717, 1.165) is 41.9 Å². The van der Waals surface area contributed by atoms with Gasteiger partial charge in [-0.2, -0.15) is 11.8 Å². The molecule has 0 aliphatic carbocycles. The zero-order valence-corrected chi connectivity index (χ0v) is 12.9. The van der Waals surface area contributed by atoms with Crippen molar-refractivity contribution in [3.8, 4) is 0 Å². The first-order valence-corrected chi connectivity index (χ1v) is 8.87. The van der Waals surface area contributed by atoms with Crippen molar-refractivity contribution < 1.29 is 9.15 Å². The summed E-state index contributed by atoms with van der Waals surface area (Å²) in [5.74, 6) is 3.71. The van der Waals surface area contributed by atoms with E-state index in [1.165, 1.54) is 12.2 Å². The predicted octanol–water partition coefficient (Wildman–Crippen LogP) is 3.73. The number of fused-ring (bicyclic) bond motifs is 1. The van der Waals surface area contributed by atoms with Crippen molar-refractivity contribution in [2.45, 2.75) is 30.9 Å². The standard InChI is InChI=1S/C17H21NO2S/c18-16(15-9-12-3-1-2-4-14(12)20-15)13-5-7-19-17(10-13)6-8-21-11-17/h1-4,9,13,16H,5-8,10-11,18H2. The summed E-state index contributed by atoms with van der Waals surface area (Å²) in [5.41, 5.74) is 7.54. The Balaban J connectivity index is 1.57. The monoisotopic (exact) mass is 303 g/mol. The van der Waals surface area contributed by atoms with Gasteiger partial charge in [0.15, 0.2) is 0 Å². The summed E-state index contributed by atoms with van der Waals surface area (Å²) in [5, 5.41) is 1.14. The largest absolute Gasteiger partial charge is 0.459 e. The summed E-state index contributed by atoms with van der Waals surface area (Å²) in [4.78, 5) is 0. The van der Waals surface area contributed by atoms with Crippen LogP contribution in [-0.2, 0) is 4.74 Å². The van der Waals surface area contributed by atoms with Gasteiger partial charge in [-0.3, -0.25) is 0 Å². The van der Waals surface area contributed by atoms with E-state index in [1.54, 1.807) is 0 Å². The average molecular weight is 303 g/mol. The van der Waals surface area contributed by atoms with Gasteiger partial charge in [0, 0.05) is 17.7 Å². The first-order valence-electron chi connectivity index (χ1n) is 7.72. The second-order valence-electron chi connectivity index (χ2n) is 6.30. The summed E-state index contributed by atoms with van der Waals surface area (Å²) in [6, 6.07) is 10.2. The predicted molar refractivity (Wildman–Crippen MR) is 86.5 cm³/mol. The van der Waals surface area contributed by atoms with Crippen molar-refractivity contribution in [3.05, 3.63) is 36.1 Å². The van der Waals surface area contributed by atoms with Crippen LogP contribution in [0.5, 0.6) is 0 Å². The van der Waals surface area contributed by atoms with Crippen LogP contribution in [0.4, 0.5) is 0 Å². The smallest absolute Gasteiger partial charge is 0.134 e. The summed E-state index contributed by atoms with van der Waals surface area (Å²) < 4.78 is 12.1. The lowest BCUT2D eigenvalue weighted by molar-refractivity contribution is -0.0842. The maximum Gasteiger partial charge on any atom is 0.134 e. The van der Waals surface area contributed by atoms with E-state index in [2.05, 4.69) is 12.1 Å². The fourth-order valence-electron chi connectivity index (χ4n) is 3.63. The number of ether oxygens (including phenoxy) is 1. The number of benzene rings is 1. The molecule has 0 radical (unpaired) electrons. The van der Waals surface area contributed by atoms with Gasteiger partial charge in [0.05, 0.1) is 11.6 Å². The Morgan fingerprint density at radius 1 is 1.33 bits per heavy atom. The molecule has 3 nitrogen and oxygen atoms in total. The minimum absolute atomic E-state index is 0.0243. The maximum absolute atomic E-state index is 6.53. The van der Waals surface area contributed by atoms with Crippen LogP contribution < -0.4 is 5.73 Å². The van der Waals surface area contributed by atoms with Gasteiger partial charge in [-0.1, -0.05) is 18.2 Å². The molecule has 0 amide bonds. The Kier molecular flexibility index (Phi) is 3.48. The fourth-order valence-corrected chi connectivity index (χ4v) is 5.01. The molecule has 0 saturated carbocycles. The maximum atomic E-state index is 6.53. The highest BCUT2D eigenvalue weighted by Gasteiger charge is 2.42. The number of nitrogens with two attached hydrogens (primary N) is 1. The molecule has 4 rings (SSSR count). The van der Waals surface area contributed by atoms with Gasteiger partial charge in [-0.25, -0.2) is 0 Å². The number of hydrogen-bond acceptors (Lipinski definition) is 4. The van der Waals surface area contributed by atoms with Crippen LogP contribution in [-0.4, -0.2) is 23.7 Å². The lowest BCUT2D eigenvalue weighted by Gasteiger charge is -2.39. The Morgan fingerprint density at radius 3 is 3.05 bits per heavy atom. The third kappa shape index (κ3) is 2.50. The molecule has 2 aliphatic rings. The molecule has 3 unspecified atom stereocenters. The van der Waals surface area contributed by atoms with Crippen molar-refractivity contribution in [2.75, 3.05) is 18.1 Å². The lowest BCUT2D eigenvalue weighted by Crippen LogP contribution is -2.42. The van der Waals surface area contributed by atoms with E-state index in [0.29, 0.717) is 5.92 Å². The van der Waals surface area contributed by atoms with Crippen LogP contribution in [0, 0.1) is 5.92 Å². The molecule has 2 aromatic rings. The van der Waals surface area contributed by atoms with Crippen molar-refractivity contribution in [2.24, 2.45) is 11.7 Å². The molecule has 0 bridgehead atoms. The van der Waals surface area contributed by atoms with Crippen molar-refractivity contribution in [1.29, 1.82) is 0 Å².